The fourth-order valence-electron chi connectivity index (χ4n) is 2.57. The number of nitrogens with zero attached hydrogens (tertiary/aromatic N) is 2. The molecular weight excluding hydrogens is 283 g/mol. The normalized spacial score (nSPS) is 21.5. The van der Waals surface area contributed by atoms with Gasteiger partial charge >= 0.3 is 6.18 Å². The molecule has 0 spiro atoms. The topological polar surface area (TPSA) is 39.1 Å². The lowest BCUT2D eigenvalue weighted by molar-refractivity contribution is -0.173. The van der Waals surface area contributed by atoms with Crippen LogP contribution in [0.5, 0.6) is 5.75 Å². The summed E-state index contributed by atoms with van der Waals surface area (Å²) < 4.78 is 45.7. The van der Waals surface area contributed by atoms with Gasteiger partial charge in [-0.2, -0.15) is 18.3 Å². The lowest BCUT2D eigenvalue weighted by Crippen LogP contribution is -2.35. The molecular formula is C14H14F3N3O. The number of benzene rings is 1. The van der Waals surface area contributed by atoms with E-state index in [1.165, 1.54) is 6.20 Å². The van der Waals surface area contributed by atoms with Crippen LogP contribution in [0, 0.1) is 0 Å². The summed E-state index contributed by atoms with van der Waals surface area (Å²) in [5.74, 6) is 1.05. The zero-order valence-electron chi connectivity index (χ0n) is 11.3. The number of hydrogen-bond acceptors (Lipinski definition) is 3. The van der Waals surface area contributed by atoms with Crippen LogP contribution in [0.4, 0.5) is 19.0 Å². The molecule has 21 heavy (non-hydrogen) atoms. The van der Waals surface area contributed by atoms with Crippen molar-refractivity contribution in [3.05, 3.63) is 42.1 Å². The van der Waals surface area contributed by atoms with Crippen LogP contribution in [0.3, 0.4) is 0 Å². The highest BCUT2D eigenvalue weighted by molar-refractivity contribution is 5.42. The summed E-state index contributed by atoms with van der Waals surface area (Å²) in [6.45, 7) is 0. The smallest absolute Gasteiger partial charge is 0.410 e. The highest BCUT2D eigenvalue weighted by atomic mass is 19.4. The van der Waals surface area contributed by atoms with E-state index in [4.69, 9.17) is 4.74 Å². The molecule has 4 nitrogen and oxygen atoms in total. The van der Waals surface area contributed by atoms with Crippen molar-refractivity contribution in [1.29, 1.82) is 0 Å². The molecule has 2 heterocycles. The van der Waals surface area contributed by atoms with Crippen molar-refractivity contribution < 1.29 is 17.9 Å². The first-order chi connectivity index (χ1) is 9.99. The molecule has 1 aromatic carbocycles. The number of ether oxygens (including phenoxy) is 1. The molecule has 1 N–H and O–H groups in total. The number of hydrogen-bond donors (Lipinski definition) is 1. The Hall–Kier alpha value is -2.18. The molecule has 2 atom stereocenters. The molecule has 0 radical (unpaired) electrons. The standard InChI is InChI=1S/C14H14F3N3O/c1-21-10-4-2-9(3-5-10)11-8-12(14(15,16)17)20-13(19-11)6-7-18-20/h2-7,11-12,19H,8H2,1H3/t11-,12-/m0/s1. The molecule has 2 aromatic rings. The molecule has 1 aliphatic rings. The van der Waals surface area contributed by atoms with E-state index in [0.29, 0.717) is 11.6 Å². The van der Waals surface area contributed by atoms with Gasteiger partial charge < -0.3 is 10.1 Å². The van der Waals surface area contributed by atoms with Gasteiger partial charge in [-0.05, 0) is 17.7 Å². The van der Waals surface area contributed by atoms with Crippen LogP contribution in [0.25, 0.3) is 0 Å². The summed E-state index contributed by atoms with van der Waals surface area (Å²) >= 11 is 0. The van der Waals surface area contributed by atoms with Crippen molar-refractivity contribution >= 4 is 5.82 Å². The zero-order chi connectivity index (χ0) is 15.0. The number of alkyl halides is 3. The van der Waals surface area contributed by atoms with Gasteiger partial charge in [0.1, 0.15) is 11.6 Å². The summed E-state index contributed by atoms with van der Waals surface area (Å²) in [5, 5.41) is 6.87. The van der Waals surface area contributed by atoms with Crippen LogP contribution in [-0.2, 0) is 0 Å². The molecule has 3 rings (SSSR count). The first kappa shape index (κ1) is 13.8. The fourth-order valence-corrected chi connectivity index (χ4v) is 2.57. The largest absolute Gasteiger partial charge is 0.497 e. The van der Waals surface area contributed by atoms with Crippen LogP contribution in [0.15, 0.2) is 36.5 Å². The monoisotopic (exact) mass is 297 g/mol. The number of anilines is 1. The summed E-state index contributed by atoms with van der Waals surface area (Å²) in [5.41, 5.74) is 0.789. The van der Waals surface area contributed by atoms with Gasteiger partial charge in [0.15, 0.2) is 6.04 Å². The van der Waals surface area contributed by atoms with Crippen LogP contribution in [-0.4, -0.2) is 23.1 Å². The zero-order valence-corrected chi connectivity index (χ0v) is 11.3. The summed E-state index contributed by atoms with van der Waals surface area (Å²) in [6, 6.07) is 6.56. The van der Waals surface area contributed by atoms with E-state index in [9.17, 15) is 13.2 Å². The highest BCUT2D eigenvalue weighted by Gasteiger charge is 2.46. The summed E-state index contributed by atoms with van der Waals surface area (Å²) in [7, 11) is 1.55. The summed E-state index contributed by atoms with van der Waals surface area (Å²) in [4.78, 5) is 0. The maximum absolute atomic E-state index is 13.2. The maximum atomic E-state index is 13.2. The van der Waals surface area contributed by atoms with Crippen LogP contribution in [0.2, 0.25) is 0 Å². The predicted molar refractivity (Wildman–Crippen MR) is 71.3 cm³/mol. The Balaban J connectivity index is 1.92. The van der Waals surface area contributed by atoms with E-state index < -0.39 is 18.3 Å². The second kappa shape index (κ2) is 4.98. The molecule has 0 bridgehead atoms. The molecule has 0 unspecified atom stereocenters. The fraction of sp³-hybridized carbons (Fsp3) is 0.357. The lowest BCUT2D eigenvalue weighted by atomic mass is 9.97. The van der Waals surface area contributed by atoms with Gasteiger partial charge in [-0.1, -0.05) is 12.1 Å². The third-order valence-electron chi connectivity index (χ3n) is 3.64. The third kappa shape index (κ3) is 2.55. The first-order valence-electron chi connectivity index (χ1n) is 6.50. The Morgan fingerprint density at radius 2 is 1.95 bits per heavy atom. The Morgan fingerprint density at radius 3 is 2.57 bits per heavy atom. The lowest BCUT2D eigenvalue weighted by Gasteiger charge is -2.33. The average molecular weight is 297 g/mol. The molecule has 112 valence electrons. The predicted octanol–water partition coefficient (Wildman–Crippen LogP) is 3.55. The van der Waals surface area contributed by atoms with E-state index in [2.05, 4.69) is 10.4 Å². The van der Waals surface area contributed by atoms with Crippen molar-refractivity contribution in [3.63, 3.8) is 0 Å². The molecule has 0 amide bonds. The van der Waals surface area contributed by atoms with Crippen molar-refractivity contribution in [1.82, 2.24) is 9.78 Å². The Kier molecular flexibility index (Phi) is 3.27. The minimum atomic E-state index is -4.33. The number of rotatable bonds is 2. The van der Waals surface area contributed by atoms with Crippen molar-refractivity contribution in [3.8, 4) is 5.75 Å². The number of methoxy groups -OCH3 is 1. The quantitative estimate of drug-likeness (QED) is 0.921. The number of nitrogens with one attached hydrogen (secondary N) is 1. The van der Waals surface area contributed by atoms with Gasteiger partial charge in [-0.15, -0.1) is 0 Å². The molecule has 0 saturated heterocycles. The molecule has 1 aliphatic heterocycles. The minimum absolute atomic E-state index is 0.0927. The number of halogens is 3. The maximum Gasteiger partial charge on any atom is 0.410 e. The minimum Gasteiger partial charge on any atom is -0.497 e. The van der Waals surface area contributed by atoms with Gasteiger partial charge in [-0.3, -0.25) is 0 Å². The van der Waals surface area contributed by atoms with Gasteiger partial charge in [0.05, 0.1) is 19.3 Å². The van der Waals surface area contributed by atoms with Crippen molar-refractivity contribution in [2.75, 3.05) is 12.4 Å². The Morgan fingerprint density at radius 1 is 1.24 bits per heavy atom. The van der Waals surface area contributed by atoms with E-state index in [-0.39, 0.29) is 6.42 Å². The third-order valence-corrected chi connectivity index (χ3v) is 3.64. The molecule has 7 heteroatoms. The van der Waals surface area contributed by atoms with Crippen LogP contribution < -0.4 is 10.1 Å². The van der Waals surface area contributed by atoms with E-state index >= 15 is 0 Å². The molecule has 0 fully saturated rings. The van der Waals surface area contributed by atoms with Crippen molar-refractivity contribution in [2.45, 2.75) is 24.7 Å². The van der Waals surface area contributed by atoms with E-state index in [0.717, 1.165) is 10.2 Å². The van der Waals surface area contributed by atoms with Gasteiger partial charge in [0, 0.05) is 12.5 Å². The molecule has 1 aromatic heterocycles. The van der Waals surface area contributed by atoms with E-state index in [1.54, 1.807) is 37.4 Å². The SMILES string of the molecule is COc1ccc([C@@H]2C[C@@H](C(F)(F)F)n3nccc3N2)cc1. The number of aromatic nitrogens is 2. The molecule has 0 aliphatic carbocycles. The van der Waals surface area contributed by atoms with Gasteiger partial charge in [0.25, 0.3) is 0 Å². The van der Waals surface area contributed by atoms with Crippen LogP contribution >= 0.6 is 0 Å². The first-order valence-corrected chi connectivity index (χ1v) is 6.50. The van der Waals surface area contributed by atoms with Crippen molar-refractivity contribution in [2.24, 2.45) is 0 Å². The van der Waals surface area contributed by atoms with Crippen LogP contribution in [0.1, 0.15) is 24.1 Å². The number of fused-ring (bicyclic) bond motifs is 1. The highest BCUT2D eigenvalue weighted by Crippen LogP contribution is 2.43. The second-order valence-corrected chi connectivity index (χ2v) is 4.92. The average Bonchev–Trinajstić information content (AvgIpc) is 2.93. The Bertz CT molecular complexity index is 621. The molecule has 0 saturated carbocycles. The second-order valence-electron chi connectivity index (χ2n) is 4.92. The van der Waals surface area contributed by atoms with Gasteiger partial charge in [-0.25, -0.2) is 4.68 Å². The Labute approximate surface area is 119 Å². The summed E-state index contributed by atoms with van der Waals surface area (Å²) in [6.07, 6.45) is -3.05. The van der Waals surface area contributed by atoms with E-state index in [1.807, 2.05) is 0 Å². The van der Waals surface area contributed by atoms with Gasteiger partial charge in [0.2, 0.25) is 0 Å².